The van der Waals surface area contributed by atoms with Crippen LogP contribution in [0.1, 0.15) is 296 Å². The predicted molar refractivity (Wildman–Crippen MR) is 270 cm³/mol. The Morgan fingerprint density at radius 1 is 0.400 bits per heavy atom. The van der Waals surface area contributed by atoms with Crippen molar-refractivity contribution in [2.45, 2.75) is 309 Å². The van der Waals surface area contributed by atoms with Crippen molar-refractivity contribution in [2.24, 2.45) is 0 Å². The molecule has 0 aromatic heterocycles. The van der Waals surface area contributed by atoms with Crippen molar-refractivity contribution in [1.29, 1.82) is 0 Å². The lowest BCUT2D eigenvalue weighted by molar-refractivity contribution is -0.161. The number of carbonyl (C=O) groups excluding carboxylic acids is 2. The van der Waals surface area contributed by atoms with Crippen LogP contribution in [-0.4, -0.2) is 65.7 Å². The number of phosphoric ester groups is 1. The first-order valence-electron chi connectivity index (χ1n) is 28.0. The maximum atomic E-state index is 12.7. The van der Waals surface area contributed by atoms with Crippen LogP contribution in [0.4, 0.5) is 0 Å². The third-order valence-electron chi connectivity index (χ3n) is 12.8. The highest BCUT2D eigenvalue weighted by Gasteiger charge is 2.27. The van der Waals surface area contributed by atoms with Crippen molar-refractivity contribution in [2.75, 3.05) is 26.4 Å². The Kier molecular flexibility index (Phi) is 50.0. The van der Waals surface area contributed by atoms with Crippen molar-refractivity contribution in [3.8, 4) is 0 Å². The first-order valence-corrected chi connectivity index (χ1v) is 29.5. The van der Waals surface area contributed by atoms with Crippen LogP contribution in [0.2, 0.25) is 0 Å². The molecule has 0 rings (SSSR count). The lowest BCUT2D eigenvalue weighted by atomic mass is 10.0. The fraction of sp³-hybridized carbons (Fsp3) is 0.963. The SMILES string of the molecule is CCCCCCCCCCCCCCCCCCCCCCCC(=O)OC[C@H](COP(=O)(O)OC[C@@H](O)CO)OC(=O)CCCCCCCCCCCCCCCCCCCCCCC. The van der Waals surface area contributed by atoms with Crippen molar-refractivity contribution < 1.29 is 47.8 Å². The number of hydrogen-bond acceptors (Lipinski definition) is 9. The molecular formula is C54H107O10P. The number of aliphatic hydroxyl groups is 2. The monoisotopic (exact) mass is 947 g/mol. The van der Waals surface area contributed by atoms with E-state index in [9.17, 15) is 24.2 Å². The summed E-state index contributed by atoms with van der Waals surface area (Å²) in [6.07, 6.45) is 52.2. The standard InChI is InChI=1S/C54H107O10P/c1-3-5-7-9-11-13-15-17-19-21-23-25-27-29-31-33-35-37-39-41-43-45-53(57)61-49-52(50-63-65(59,60)62-48-51(56)47-55)64-54(58)46-44-42-40-38-36-34-32-30-28-26-24-22-20-18-16-14-12-10-8-6-4-2/h51-52,55-56H,3-50H2,1-2H3,(H,59,60)/t51-,52+/m0/s1. The molecule has 0 amide bonds. The molecule has 388 valence electrons. The molecule has 0 bridgehead atoms. The third kappa shape index (κ3) is 50.7. The summed E-state index contributed by atoms with van der Waals surface area (Å²) < 4.78 is 33.0. The summed E-state index contributed by atoms with van der Waals surface area (Å²) in [4.78, 5) is 35.3. The van der Waals surface area contributed by atoms with Gasteiger partial charge >= 0.3 is 19.8 Å². The molecule has 10 nitrogen and oxygen atoms in total. The van der Waals surface area contributed by atoms with Gasteiger partial charge in [-0.15, -0.1) is 0 Å². The molecule has 0 heterocycles. The van der Waals surface area contributed by atoms with E-state index in [-0.39, 0.29) is 19.4 Å². The lowest BCUT2D eigenvalue weighted by Crippen LogP contribution is -2.29. The maximum absolute atomic E-state index is 12.7. The Labute approximate surface area is 401 Å². The Morgan fingerprint density at radius 3 is 0.954 bits per heavy atom. The van der Waals surface area contributed by atoms with Crippen LogP contribution in [0, 0.1) is 0 Å². The summed E-state index contributed by atoms with van der Waals surface area (Å²) in [5.74, 6) is -0.899. The van der Waals surface area contributed by atoms with Gasteiger partial charge in [0.1, 0.15) is 12.7 Å². The molecule has 0 aliphatic heterocycles. The molecular weight excluding hydrogens is 840 g/mol. The number of esters is 2. The zero-order valence-electron chi connectivity index (χ0n) is 42.7. The molecule has 0 radical (unpaired) electrons. The minimum absolute atomic E-state index is 0.193. The first kappa shape index (κ1) is 64.0. The number of carbonyl (C=O) groups is 2. The van der Waals surface area contributed by atoms with Crippen LogP contribution in [0.3, 0.4) is 0 Å². The Hall–Kier alpha value is -1.03. The number of aliphatic hydroxyl groups excluding tert-OH is 2. The van der Waals surface area contributed by atoms with Gasteiger partial charge in [-0.25, -0.2) is 4.57 Å². The molecule has 65 heavy (non-hydrogen) atoms. The molecule has 0 aliphatic carbocycles. The van der Waals surface area contributed by atoms with Crippen LogP contribution in [0.15, 0.2) is 0 Å². The molecule has 0 aliphatic rings. The van der Waals surface area contributed by atoms with E-state index in [1.165, 1.54) is 225 Å². The highest BCUT2D eigenvalue weighted by molar-refractivity contribution is 7.47. The second-order valence-electron chi connectivity index (χ2n) is 19.3. The molecule has 1 unspecified atom stereocenters. The van der Waals surface area contributed by atoms with Crippen LogP contribution in [0.25, 0.3) is 0 Å². The molecule has 0 spiro atoms. The molecule has 11 heteroatoms. The van der Waals surface area contributed by atoms with E-state index in [1.807, 2.05) is 0 Å². The number of phosphoric acid groups is 1. The Balaban J connectivity index is 4.07. The van der Waals surface area contributed by atoms with E-state index >= 15 is 0 Å². The number of rotatable bonds is 54. The third-order valence-corrected chi connectivity index (χ3v) is 13.7. The zero-order chi connectivity index (χ0) is 47.6. The average Bonchev–Trinajstić information content (AvgIpc) is 3.30. The summed E-state index contributed by atoms with van der Waals surface area (Å²) in [5, 5.41) is 18.4. The molecule has 0 aromatic rings. The summed E-state index contributed by atoms with van der Waals surface area (Å²) >= 11 is 0. The van der Waals surface area contributed by atoms with Crippen molar-refractivity contribution in [1.82, 2.24) is 0 Å². The second-order valence-corrected chi connectivity index (χ2v) is 20.8. The lowest BCUT2D eigenvalue weighted by Gasteiger charge is -2.20. The van der Waals surface area contributed by atoms with Crippen LogP contribution < -0.4 is 0 Å². The summed E-state index contributed by atoms with van der Waals surface area (Å²) in [6.45, 7) is 2.47. The summed E-state index contributed by atoms with van der Waals surface area (Å²) in [7, 11) is -4.62. The maximum Gasteiger partial charge on any atom is 0.472 e. The van der Waals surface area contributed by atoms with E-state index in [4.69, 9.17) is 23.6 Å². The molecule has 3 N–H and O–H groups in total. The zero-order valence-corrected chi connectivity index (χ0v) is 43.6. The van der Waals surface area contributed by atoms with Crippen LogP contribution in [0.5, 0.6) is 0 Å². The molecule has 0 saturated carbocycles. The van der Waals surface area contributed by atoms with E-state index in [2.05, 4.69) is 13.8 Å². The fourth-order valence-corrected chi connectivity index (χ4v) is 9.26. The smallest absolute Gasteiger partial charge is 0.462 e. The summed E-state index contributed by atoms with van der Waals surface area (Å²) in [5.41, 5.74) is 0. The van der Waals surface area contributed by atoms with Crippen molar-refractivity contribution >= 4 is 19.8 Å². The highest BCUT2D eigenvalue weighted by atomic mass is 31.2. The van der Waals surface area contributed by atoms with E-state index in [1.54, 1.807) is 0 Å². The number of hydrogen-bond donors (Lipinski definition) is 3. The largest absolute Gasteiger partial charge is 0.472 e. The second kappa shape index (κ2) is 50.8. The normalized spacial score (nSPS) is 13.5. The fourth-order valence-electron chi connectivity index (χ4n) is 8.47. The Bertz CT molecular complexity index is 1040. The van der Waals surface area contributed by atoms with E-state index < -0.39 is 51.8 Å². The predicted octanol–water partition coefficient (Wildman–Crippen LogP) is 16.1. The number of ether oxygens (including phenoxy) is 2. The molecule has 0 fully saturated rings. The quantitative estimate of drug-likeness (QED) is 0.0306. The summed E-state index contributed by atoms with van der Waals surface area (Å²) in [6, 6.07) is 0. The van der Waals surface area contributed by atoms with Gasteiger partial charge in [0.25, 0.3) is 0 Å². The Morgan fingerprint density at radius 2 is 0.662 bits per heavy atom. The minimum atomic E-state index is -4.62. The topological polar surface area (TPSA) is 149 Å². The molecule has 3 atom stereocenters. The van der Waals surface area contributed by atoms with Gasteiger partial charge in [0.2, 0.25) is 0 Å². The van der Waals surface area contributed by atoms with Crippen LogP contribution >= 0.6 is 7.82 Å². The van der Waals surface area contributed by atoms with Gasteiger partial charge in [-0.2, -0.15) is 0 Å². The van der Waals surface area contributed by atoms with Gasteiger partial charge in [-0.1, -0.05) is 271 Å². The first-order chi connectivity index (χ1) is 31.7. The minimum Gasteiger partial charge on any atom is -0.462 e. The average molecular weight is 947 g/mol. The number of unbranched alkanes of at least 4 members (excludes halogenated alkanes) is 40. The van der Waals surface area contributed by atoms with Gasteiger partial charge in [0.15, 0.2) is 6.10 Å². The van der Waals surface area contributed by atoms with Gasteiger partial charge in [0.05, 0.1) is 19.8 Å². The van der Waals surface area contributed by atoms with E-state index in [0.29, 0.717) is 12.8 Å². The van der Waals surface area contributed by atoms with Gasteiger partial charge < -0.3 is 24.6 Å². The van der Waals surface area contributed by atoms with Gasteiger partial charge in [-0.05, 0) is 12.8 Å². The molecule has 0 saturated heterocycles. The van der Waals surface area contributed by atoms with Gasteiger partial charge in [0, 0.05) is 12.8 Å². The molecule has 0 aromatic carbocycles. The van der Waals surface area contributed by atoms with Crippen molar-refractivity contribution in [3.05, 3.63) is 0 Å². The van der Waals surface area contributed by atoms with Gasteiger partial charge in [-0.3, -0.25) is 18.6 Å². The van der Waals surface area contributed by atoms with Crippen LogP contribution in [-0.2, 0) is 32.7 Å². The van der Waals surface area contributed by atoms with Crippen molar-refractivity contribution in [3.63, 3.8) is 0 Å². The van der Waals surface area contributed by atoms with E-state index in [0.717, 1.165) is 32.1 Å². The highest BCUT2D eigenvalue weighted by Crippen LogP contribution is 2.43.